The molecule has 2 aromatic heterocycles. The molecule has 0 saturated carbocycles. The SMILES string of the molecule is CCOCCCNC(=O)c1c(O)nc2ccccn2c1=O. The molecule has 0 saturated heterocycles. The summed E-state index contributed by atoms with van der Waals surface area (Å²) >= 11 is 0. The summed E-state index contributed by atoms with van der Waals surface area (Å²) in [4.78, 5) is 28.0. The quantitative estimate of drug-likeness (QED) is 0.758. The molecule has 1 amide bonds. The molecule has 0 radical (unpaired) electrons. The Kier molecular flexibility index (Phi) is 4.89. The number of pyridine rings is 1. The lowest BCUT2D eigenvalue weighted by molar-refractivity contribution is 0.0939. The smallest absolute Gasteiger partial charge is 0.274 e. The Bertz CT molecular complexity index is 696. The van der Waals surface area contributed by atoms with Gasteiger partial charge in [-0.3, -0.25) is 14.0 Å². The van der Waals surface area contributed by atoms with Gasteiger partial charge in [-0.2, -0.15) is 4.98 Å². The van der Waals surface area contributed by atoms with E-state index in [9.17, 15) is 14.7 Å². The number of aromatic nitrogens is 2. The van der Waals surface area contributed by atoms with Gasteiger partial charge < -0.3 is 15.2 Å². The molecular formula is C14H17N3O4. The molecule has 21 heavy (non-hydrogen) atoms. The van der Waals surface area contributed by atoms with Gasteiger partial charge in [-0.25, -0.2) is 0 Å². The number of amides is 1. The maximum atomic E-state index is 12.2. The number of rotatable bonds is 6. The van der Waals surface area contributed by atoms with Crippen LogP contribution in [0.2, 0.25) is 0 Å². The molecule has 2 aromatic rings. The van der Waals surface area contributed by atoms with Crippen LogP contribution in [0.5, 0.6) is 5.88 Å². The van der Waals surface area contributed by atoms with Crippen molar-refractivity contribution < 1.29 is 14.6 Å². The molecule has 0 spiro atoms. The maximum absolute atomic E-state index is 12.2. The molecule has 2 rings (SSSR count). The first kappa shape index (κ1) is 15.0. The number of hydrogen-bond donors (Lipinski definition) is 2. The fourth-order valence-electron chi connectivity index (χ4n) is 1.88. The van der Waals surface area contributed by atoms with Gasteiger partial charge in [0.2, 0.25) is 5.88 Å². The number of carbonyl (C=O) groups excluding carboxylic acids is 1. The lowest BCUT2D eigenvalue weighted by Crippen LogP contribution is -2.32. The van der Waals surface area contributed by atoms with Crippen molar-refractivity contribution in [1.82, 2.24) is 14.7 Å². The van der Waals surface area contributed by atoms with Crippen LogP contribution >= 0.6 is 0 Å². The number of ether oxygens (including phenoxy) is 1. The van der Waals surface area contributed by atoms with Crippen molar-refractivity contribution in [3.63, 3.8) is 0 Å². The molecule has 0 aliphatic carbocycles. The van der Waals surface area contributed by atoms with Crippen LogP contribution in [-0.4, -0.2) is 40.2 Å². The summed E-state index contributed by atoms with van der Waals surface area (Å²) in [5, 5.41) is 12.4. The minimum absolute atomic E-state index is 0.285. The molecule has 0 unspecified atom stereocenters. The Balaban J connectivity index is 2.17. The molecule has 7 nitrogen and oxygen atoms in total. The van der Waals surface area contributed by atoms with Gasteiger partial charge >= 0.3 is 0 Å². The van der Waals surface area contributed by atoms with Crippen LogP contribution in [-0.2, 0) is 4.74 Å². The number of nitrogens with zero attached hydrogens (tertiary/aromatic N) is 2. The van der Waals surface area contributed by atoms with Crippen LogP contribution in [0.1, 0.15) is 23.7 Å². The highest BCUT2D eigenvalue weighted by Gasteiger charge is 2.19. The number of carbonyl (C=O) groups is 1. The predicted molar refractivity (Wildman–Crippen MR) is 76.6 cm³/mol. The third kappa shape index (κ3) is 3.38. The van der Waals surface area contributed by atoms with E-state index in [2.05, 4.69) is 10.3 Å². The normalized spacial score (nSPS) is 10.7. The molecular weight excluding hydrogens is 274 g/mol. The van der Waals surface area contributed by atoms with Crippen LogP contribution in [0.4, 0.5) is 0 Å². The van der Waals surface area contributed by atoms with E-state index in [1.165, 1.54) is 10.6 Å². The van der Waals surface area contributed by atoms with E-state index in [0.29, 0.717) is 26.2 Å². The monoisotopic (exact) mass is 291 g/mol. The molecule has 0 aromatic carbocycles. The van der Waals surface area contributed by atoms with Gasteiger partial charge in [0.25, 0.3) is 11.5 Å². The molecule has 2 N–H and O–H groups in total. The third-order valence-electron chi connectivity index (χ3n) is 2.90. The molecule has 0 aliphatic rings. The Morgan fingerprint density at radius 3 is 3.05 bits per heavy atom. The van der Waals surface area contributed by atoms with Crippen molar-refractivity contribution in [2.24, 2.45) is 0 Å². The summed E-state index contributed by atoms with van der Waals surface area (Å²) in [5.74, 6) is -1.20. The predicted octanol–water partition coefficient (Wildman–Crippen LogP) is 0.557. The molecule has 2 heterocycles. The van der Waals surface area contributed by atoms with Gasteiger partial charge in [-0.15, -0.1) is 0 Å². The number of fused-ring (bicyclic) bond motifs is 1. The van der Waals surface area contributed by atoms with Gasteiger partial charge in [-0.05, 0) is 25.5 Å². The van der Waals surface area contributed by atoms with Crippen molar-refractivity contribution in [2.75, 3.05) is 19.8 Å². The van der Waals surface area contributed by atoms with Crippen LogP contribution < -0.4 is 10.9 Å². The topological polar surface area (TPSA) is 92.9 Å². The van der Waals surface area contributed by atoms with E-state index in [4.69, 9.17) is 4.74 Å². The van der Waals surface area contributed by atoms with Crippen LogP contribution in [0.3, 0.4) is 0 Å². The summed E-state index contributed by atoms with van der Waals surface area (Å²) in [6.45, 7) is 3.38. The van der Waals surface area contributed by atoms with Crippen molar-refractivity contribution >= 4 is 11.6 Å². The first-order valence-corrected chi connectivity index (χ1v) is 6.71. The van der Waals surface area contributed by atoms with Crippen LogP contribution in [0, 0.1) is 0 Å². The lowest BCUT2D eigenvalue weighted by Gasteiger charge is -2.07. The van der Waals surface area contributed by atoms with Gasteiger partial charge in [0, 0.05) is 26.0 Å². The van der Waals surface area contributed by atoms with Crippen LogP contribution in [0.15, 0.2) is 29.2 Å². The molecule has 0 atom stereocenters. The zero-order chi connectivity index (χ0) is 15.2. The zero-order valence-electron chi connectivity index (χ0n) is 11.7. The second-order valence-corrected chi connectivity index (χ2v) is 4.35. The molecule has 0 bridgehead atoms. The summed E-state index contributed by atoms with van der Waals surface area (Å²) in [7, 11) is 0. The summed E-state index contributed by atoms with van der Waals surface area (Å²) in [5.41, 5.74) is -0.664. The minimum Gasteiger partial charge on any atom is -0.493 e. The maximum Gasteiger partial charge on any atom is 0.274 e. The fraction of sp³-hybridized carbons (Fsp3) is 0.357. The first-order valence-electron chi connectivity index (χ1n) is 6.71. The molecule has 112 valence electrons. The van der Waals surface area contributed by atoms with E-state index >= 15 is 0 Å². The van der Waals surface area contributed by atoms with Crippen LogP contribution in [0.25, 0.3) is 5.65 Å². The number of hydrogen-bond acceptors (Lipinski definition) is 5. The fourth-order valence-corrected chi connectivity index (χ4v) is 1.88. The van der Waals surface area contributed by atoms with E-state index in [1.807, 2.05) is 6.92 Å². The number of aromatic hydroxyl groups is 1. The second kappa shape index (κ2) is 6.85. The zero-order valence-corrected chi connectivity index (χ0v) is 11.7. The highest BCUT2D eigenvalue weighted by Crippen LogP contribution is 2.10. The van der Waals surface area contributed by atoms with Gasteiger partial charge in [-0.1, -0.05) is 6.07 Å². The van der Waals surface area contributed by atoms with Crippen molar-refractivity contribution in [1.29, 1.82) is 0 Å². The van der Waals surface area contributed by atoms with E-state index in [1.54, 1.807) is 18.2 Å². The Hall–Kier alpha value is -2.41. The minimum atomic E-state index is -0.639. The van der Waals surface area contributed by atoms with E-state index in [0.717, 1.165) is 0 Å². The molecule has 0 aliphatic heterocycles. The Labute approximate surface area is 121 Å². The van der Waals surface area contributed by atoms with Gasteiger partial charge in [0.05, 0.1) is 0 Å². The lowest BCUT2D eigenvalue weighted by atomic mass is 10.2. The van der Waals surface area contributed by atoms with Gasteiger partial charge in [0.15, 0.2) is 5.56 Å². The van der Waals surface area contributed by atoms with Crippen molar-refractivity contribution in [2.45, 2.75) is 13.3 Å². The summed E-state index contributed by atoms with van der Waals surface area (Å²) in [6.07, 6.45) is 2.12. The Morgan fingerprint density at radius 1 is 1.48 bits per heavy atom. The average molecular weight is 291 g/mol. The molecule has 7 heteroatoms. The van der Waals surface area contributed by atoms with Crippen molar-refractivity contribution in [3.8, 4) is 5.88 Å². The number of nitrogens with one attached hydrogen (secondary N) is 1. The average Bonchev–Trinajstić information content (AvgIpc) is 2.47. The highest BCUT2D eigenvalue weighted by atomic mass is 16.5. The molecule has 0 fully saturated rings. The first-order chi connectivity index (χ1) is 10.1. The van der Waals surface area contributed by atoms with E-state index < -0.39 is 17.3 Å². The largest absolute Gasteiger partial charge is 0.493 e. The third-order valence-corrected chi connectivity index (χ3v) is 2.90. The summed E-state index contributed by atoms with van der Waals surface area (Å²) < 4.78 is 6.36. The van der Waals surface area contributed by atoms with Crippen molar-refractivity contribution in [3.05, 3.63) is 40.3 Å². The Morgan fingerprint density at radius 2 is 2.29 bits per heavy atom. The second-order valence-electron chi connectivity index (χ2n) is 4.35. The van der Waals surface area contributed by atoms with E-state index in [-0.39, 0.29) is 11.2 Å². The van der Waals surface area contributed by atoms with Gasteiger partial charge in [0.1, 0.15) is 5.65 Å². The summed E-state index contributed by atoms with van der Waals surface area (Å²) in [6, 6.07) is 4.91. The standard InChI is InChI=1S/C14H17N3O4/c1-2-21-9-5-7-15-12(18)11-13(19)16-10-6-3-4-8-17(10)14(11)20/h3-4,6,8,19H,2,5,7,9H2,1H3,(H,15,18). The highest BCUT2D eigenvalue weighted by molar-refractivity contribution is 5.96.